The normalized spacial score (nSPS) is 11.0. The Hall–Kier alpha value is -1.42. The summed E-state index contributed by atoms with van der Waals surface area (Å²) in [6, 6.07) is 4.71. The van der Waals surface area contributed by atoms with Crippen molar-refractivity contribution in [1.29, 1.82) is 0 Å². The maximum Gasteiger partial charge on any atom is 0.196 e. The van der Waals surface area contributed by atoms with Gasteiger partial charge in [0, 0.05) is 13.0 Å². The fourth-order valence-electron chi connectivity index (χ4n) is 1.30. The summed E-state index contributed by atoms with van der Waals surface area (Å²) in [4.78, 5) is 4.07. The van der Waals surface area contributed by atoms with E-state index >= 15 is 0 Å². The molecule has 2 rings (SSSR count). The largest absolute Gasteiger partial charge is 0.441 e. The highest BCUT2D eigenvalue weighted by Crippen LogP contribution is 2.18. The van der Waals surface area contributed by atoms with Crippen molar-refractivity contribution in [2.24, 2.45) is 0 Å². The van der Waals surface area contributed by atoms with Crippen LogP contribution in [0.2, 0.25) is 0 Å². The molecule has 1 heterocycles. The van der Waals surface area contributed by atoms with Gasteiger partial charge in [-0.2, -0.15) is 0 Å². The molecular weight excluding hydrogens is 183 g/mol. The lowest BCUT2D eigenvalue weighted by molar-refractivity contribution is 0.522. The summed E-state index contributed by atoms with van der Waals surface area (Å²) < 4.78 is 18.5. The van der Waals surface area contributed by atoms with Gasteiger partial charge in [-0.15, -0.1) is 0 Å². The van der Waals surface area contributed by atoms with Crippen LogP contribution in [0, 0.1) is 5.82 Å². The van der Waals surface area contributed by atoms with Gasteiger partial charge in [-0.1, -0.05) is 6.07 Å². The molecule has 0 spiro atoms. The number of nitrogens with one attached hydrogen (secondary N) is 1. The Morgan fingerprint density at radius 2 is 2.36 bits per heavy atom. The molecule has 3 nitrogen and oxygen atoms in total. The number of para-hydroxylation sites is 1. The molecule has 74 valence electrons. The van der Waals surface area contributed by atoms with Gasteiger partial charge in [-0.05, 0) is 19.2 Å². The van der Waals surface area contributed by atoms with E-state index in [9.17, 15) is 4.39 Å². The van der Waals surface area contributed by atoms with Crippen molar-refractivity contribution in [1.82, 2.24) is 10.3 Å². The number of benzene rings is 1. The molecule has 0 unspecified atom stereocenters. The first-order valence-corrected chi connectivity index (χ1v) is 4.50. The van der Waals surface area contributed by atoms with E-state index in [0.29, 0.717) is 23.4 Å². The van der Waals surface area contributed by atoms with Crippen LogP contribution < -0.4 is 5.32 Å². The first-order valence-electron chi connectivity index (χ1n) is 4.50. The molecule has 0 amide bonds. The van der Waals surface area contributed by atoms with Crippen molar-refractivity contribution in [2.75, 3.05) is 13.6 Å². The first kappa shape index (κ1) is 9.15. The molecule has 0 aliphatic heterocycles. The molecule has 0 aliphatic rings. The van der Waals surface area contributed by atoms with E-state index in [1.807, 2.05) is 7.05 Å². The average Bonchev–Trinajstić information content (AvgIpc) is 2.59. The Morgan fingerprint density at radius 1 is 1.50 bits per heavy atom. The lowest BCUT2D eigenvalue weighted by atomic mass is 10.3. The van der Waals surface area contributed by atoms with Crippen LogP contribution in [0.4, 0.5) is 4.39 Å². The minimum Gasteiger partial charge on any atom is -0.441 e. The van der Waals surface area contributed by atoms with Gasteiger partial charge in [-0.3, -0.25) is 0 Å². The number of fused-ring (bicyclic) bond motifs is 1. The van der Waals surface area contributed by atoms with Crippen molar-refractivity contribution < 1.29 is 8.81 Å². The molecule has 14 heavy (non-hydrogen) atoms. The summed E-state index contributed by atoms with van der Waals surface area (Å²) in [7, 11) is 1.85. The smallest absolute Gasteiger partial charge is 0.196 e. The van der Waals surface area contributed by atoms with Crippen LogP contribution >= 0.6 is 0 Å². The average molecular weight is 194 g/mol. The molecule has 0 fully saturated rings. The molecular formula is C10H11FN2O. The Bertz CT molecular complexity index is 439. The van der Waals surface area contributed by atoms with Crippen molar-refractivity contribution in [3.8, 4) is 0 Å². The summed E-state index contributed by atoms with van der Waals surface area (Å²) in [5, 5.41) is 2.98. The summed E-state index contributed by atoms with van der Waals surface area (Å²) in [5.74, 6) is 0.237. The van der Waals surface area contributed by atoms with Gasteiger partial charge in [-0.25, -0.2) is 9.37 Å². The van der Waals surface area contributed by atoms with Gasteiger partial charge >= 0.3 is 0 Å². The van der Waals surface area contributed by atoms with Crippen molar-refractivity contribution >= 4 is 11.1 Å². The zero-order chi connectivity index (χ0) is 9.97. The topological polar surface area (TPSA) is 38.1 Å². The lowest BCUT2D eigenvalue weighted by Crippen LogP contribution is -2.10. The fourth-order valence-corrected chi connectivity index (χ4v) is 1.30. The predicted octanol–water partition coefficient (Wildman–Crippen LogP) is 1.73. The molecule has 1 aromatic heterocycles. The van der Waals surface area contributed by atoms with Crippen LogP contribution in [0.15, 0.2) is 22.6 Å². The summed E-state index contributed by atoms with van der Waals surface area (Å²) >= 11 is 0. The number of hydrogen-bond acceptors (Lipinski definition) is 3. The quantitative estimate of drug-likeness (QED) is 0.808. The van der Waals surface area contributed by atoms with Crippen molar-refractivity contribution in [2.45, 2.75) is 6.42 Å². The van der Waals surface area contributed by atoms with E-state index in [2.05, 4.69) is 10.3 Å². The Labute approximate surface area is 80.9 Å². The number of rotatable bonds is 3. The van der Waals surface area contributed by atoms with Gasteiger partial charge in [0.1, 0.15) is 5.52 Å². The van der Waals surface area contributed by atoms with Crippen LogP contribution in [0.1, 0.15) is 5.89 Å². The van der Waals surface area contributed by atoms with Gasteiger partial charge < -0.3 is 9.73 Å². The van der Waals surface area contributed by atoms with Crippen molar-refractivity contribution in [3.63, 3.8) is 0 Å². The highest BCUT2D eigenvalue weighted by atomic mass is 19.1. The molecule has 2 aromatic rings. The molecule has 0 radical (unpaired) electrons. The van der Waals surface area contributed by atoms with Gasteiger partial charge in [0.2, 0.25) is 0 Å². The lowest BCUT2D eigenvalue weighted by Gasteiger charge is -1.91. The van der Waals surface area contributed by atoms with Crippen LogP contribution in [-0.4, -0.2) is 18.6 Å². The van der Waals surface area contributed by atoms with Gasteiger partial charge in [0.15, 0.2) is 17.3 Å². The Kier molecular flexibility index (Phi) is 2.45. The van der Waals surface area contributed by atoms with E-state index < -0.39 is 0 Å². The molecule has 0 saturated heterocycles. The van der Waals surface area contributed by atoms with Crippen LogP contribution in [0.3, 0.4) is 0 Å². The number of aromatic nitrogens is 1. The van der Waals surface area contributed by atoms with E-state index in [4.69, 9.17) is 4.42 Å². The monoisotopic (exact) mass is 194 g/mol. The standard InChI is InChI=1S/C10H11FN2O/c1-12-6-5-9-13-10-7(11)3-2-4-8(10)14-9/h2-4,12H,5-6H2,1H3. The number of halogens is 1. The second kappa shape index (κ2) is 3.75. The van der Waals surface area contributed by atoms with Crippen LogP contribution in [0.25, 0.3) is 11.1 Å². The van der Waals surface area contributed by atoms with E-state index in [-0.39, 0.29) is 5.82 Å². The maximum absolute atomic E-state index is 13.2. The number of likely N-dealkylation sites (N-methyl/N-ethyl adjacent to an activating group) is 1. The first-order chi connectivity index (χ1) is 6.81. The molecule has 0 aliphatic carbocycles. The second-order valence-corrected chi connectivity index (χ2v) is 3.05. The molecule has 0 saturated carbocycles. The minimum atomic E-state index is -0.332. The fraction of sp³-hybridized carbons (Fsp3) is 0.300. The summed E-state index contributed by atoms with van der Waals surface area (Å²) in [6.07, 6.45) is 0.671. The minimum absolute atomic E-state index is 0.318. The molecule has 0 atom stereocenters. The van der Waals surface area contributed by atoms with E-state index in [1.165, 1.54) is 6.07 Å². The molecule has 4 heteroatoms. The van der Waals surface area contributed by atoms with E-state index in [1.54, 1.807) is 12.1 Å². The summed E-state index contributed by atoms with van der Waals surface area (Å²) in [5.41, 5.74) is 0.828. The SMILES string of the molecule is CNCCc1nc2c(F)cccc2o1. The molecule has 1 aromatic carbocycles. The predicted molar refractivity (Wildman–Crippen MR) is 51.6 cm³/mol. The third kappa shape index (κ3) is 1.61. The molecule has 0 bridgehead atoms. The van der Waals surface area contributed by atoms with Crippen LogP contribution in [-0.2, 0) is 6.42 Å². The Balaban J connectivity index is 2.36. The highest BCUT2D eigenvalue weighted by molar-refractivity contribution is 5.72. The third-order valence-corrected chi connectivity index (χ3v) is 2.00. The molecule has 1 N–H and O–H groups in total. The second-order valence-electron chi connectivity index (χ2n) is 3.05. The van der Waals surface area contributed by atoms with Gasteiger partial charge in [0.25, 0.3) is 0 Å². The number of oxazole rings is 1. The zero-order valence-electron chi connectivity index (χ0n) is 7.88. The van der Waals surface area contributed by atoms with Crippen molar-refractivity contribution in [3.05, 3.63) is 29.9 Å². The zero-order valence-corrected chi connectivity index (χ0v) is 7.88. The Morgan fingerprint density at radius 3 is 3.07 bits per heavy atom. The van der Waals surface area contributed by atoms with E-state index in [0.717, 1.165) is 6.54 Å². The van der Waals surface area contributed by atoms with Crippen LogP contribution in [0.5, 0.6) is 0 Å². The number of nitrogens with zero attached hydrogens (tertiary/aromatic N) is 1. The number of hydrogen-bond donors (Lipinski definition) is 1. The highest BCUT2D eigenvalue weighted by Gasteiger charge is 2.08. The third-order valence-electron chi connectivity index (χ3n) is 2.00. The summed E-state index contributed by atoms with van der Waals surface area (Å²) in [6.45, 7) is 0.772. The van der Waals surface area contributed by atoms with Gasteiger partial charge in [0.05, 0.1) is 0 Å². The maximum atomic E-state index is 13.2.